The van der Waals surface area contributed by atoms with Gasteiger partial charge in [0.25, 0.3) is 0 Å². The molecule has 0 saturated heterocycles. The van der Waals surface area contributed by atoms with E-state index < -0.39 is 18.6 Å². The molecule has 0 aromatic rings. The van der Waals surface area contributed by atoms with Crippen molar-refractivity contribution in [2.75, 3.05) is 0 Å². The average molecular weight is 229 g/mol. The fraction of sp³-hybridized carbons (Fsp3) is 0.900. The first-order chi connectivity index (χ1) is 7.47. The third-order valence-electron chi connectivity index (χ3n) is 3.53. The van der Waals surface area contributed by atoms with E-state index in [0.29, 0.717) is 19.3 Å². The molecule has 1 saturated carbocycles. The Morgan fingerprint density at radius 3 is 2.38 bits per heavy atom. The molecule has 1 fully saturated rings. The molecule has 1 atom stereocenters. The molecule has 1 rings (SSSR count). The van der Waals surface area contributed by atoms with E-state index in [2.05, 4.69) is 0 Å². The van der Waals surface area contributed by atoms with Gasteiger partial charge in [0.1, 0.15) is 5.54 Å². The van der Waals surface area contributed by atoms with Crippen LogP contribution in [0.25, 0.3) is 0 Å². The zero-order valence-corrected chi connectivity index (χ0v) is 9.43. The standard InChI is InChI=1S/C10H20BNO4/c12-10(9(13)14,8-4-3-5-8)6-1-2-7-11(15)16/h8,15-16H,1-7,12H2,(H,13,14). The van der Waals surface area contributed by atoms with Gasteiger partial charge < -0.3 is 20.9 Å². The lowest BCUT2D eigenvalue weighted by Gasteiger charge is -2.39. The van der Waals surface area contributed by atoms with Crippen molar-refractivity contribution in [1.29, 1.82) is 0 Å². The number of nitrogens with two attached hydrogens (primary N) is 1. The molecule has 5 nitrogen and oxygen atoms in total. The minimum absolute atomic E-state index is 0.0871. The molecule has 0 aromatic heterocycles. The molecule has 0 aliphatic heterocycles. The molecule has 0 bridgehead atoms. The van der Waals surface area contributed by atoms with Crippen molar-refractivity contribution >= 4 is 13.1 Å². The minimum Gasteiger partial charge on any atom is -0.480 e. The van der Waals surface area contributed by atoms with Gasteiger partial charge in [0.15, 0.2) is 0 Å². The quantitative estimate of drug-likeness (QED) is 0.369. The highest BCUT2D eigenvalue weighted by Gasteiger charge is 2.44. The molecular weight excluding hydrogens is 209 g/mol. The molecule has 92 valence electrons. The Labute approximate surface area is 95.8 Å². The van der Waals surface area contributed by atoms with E-state index in [1.807, 2.05) is 0 Å². The molecule has 1 aliphatic rings. The summed E-state index contributed by atoms with van der Waals surface area (Å²) in [6.45, 7) is 0. The first-order valence-electron chi connectivity index (χ1n) is 5.85. The zero-order valence-electron chi connectivity index (χ0n) is 9.43. The third-order valence-corrected chi connectivity index (χ3v) is 3.53. The minimum atomic E-state index is -1.30. The molecule has 0 amide bonds. The van der Waals surface area contributed by atoms with E-state index in [9.17, 15) is 4.79 Å². The third kappa shape index (κ3) is 3.20. The molecule has 6 heteroatoms. The van der Waals surface area contributed by atoms with Gasteiger partial charge >= 0.3 is 13.1 Å². The van der Waals surface area contributed by atoms with E-state index in [0.717, 1.165) is 19.3 Å². The second-order valence-corrected chi connectivity index (χ2v) is 4.70. The highest BCUT2D eigenvalue weighted by atomic mass is 16.4. The molecule has 0 spiro atoms. The van der Waals surface area contributed by atoms with E-state index >= 15 is 0 Å². The van der Waals surface area contributed by atoms with Gasteiger partial charge in [-0.05, 0) is 31.5 Å². The van der Waals surface area contributed by atoms with Gasteiger partial charge in [-0.15, -0.1) is 0 Å². The Morgan fingerprint density at radius 1 is 1.38 bits per heavy atom. The monoisotopic (exact) mass is 229 g/mol. The van der Waals surface area contributed by atoms with Gasteiger partial charge in [0, 0.05) is 0 Å². The summed E-state index contributed by atoms with van der Waals surface area (Å²) in [6.07, 6.45) is 4.76. The highest BCUT2D eigenvalue weighted by Crippen LogP contribution is 2.37. The number of carbonyl (C=O) groups is 1. The summed E-state index contributed by atoms with van der Waals surface area (Å²) in [7, 11) is -1.30. The SMILES string of the molecule is NC(CCCCB(O)O)(C(=O)O)C1CCC1. The Bertz CT molecular complexity index is 245. The van der Waals surface area contributed by atoms with Crippen molar-refractivity contribution < 1.29 is 19.9 Å². The molecule has 1 aliphatic carbocycles. The Kier molecular flexibility index (Phi) is 4.77. The summed E-state index contributed by atoms with van der Waals surface area (Å²) in [4.78, 5) is 11.2. The Morgan fingerprint density at radius 2 is 2.00 bits per heavy atom. The summed E-state index contributed by atoms with van der Waals surface area (Å²) < 4.78 is 0. The molecule has 0 heterocycles. The van der Waals surface area contributed by atoms with Crippen LogP contribution < -0.4 is 5.73 Å². The zero-order chi connectivity index (χ0) is 12.2. The predicted molar refractivity (Wildman–Crippen MR) is 60.7 cm³/mol. The largest absolute Gasteiger partial charge is 0.480 e. The Balaban J connectivity index is 2.36. The summed E-state index contributed by atoms with van der Waals surface area (Å²) in [5.74, 6) is -0.842. The van der Waals surface area contributed by atoms with E-state index in [1.165, 1.54) is 0 Å². The van der Waals surface area contributed by atoms with E-state index in [1.54, 1.807) is 0 Å². The lowest BCUT2D eigenvalue weighted by atomic mass is 9.68. The van der Waals surface area contributed by atoms with Crippen molar-refractivity contribution in [2.45, 2.75) is 50.4 Å². The van der Waals surface area contributed by atoms with E-state index in [4.69, 9.17) is 20.9 Å². The fourth-order valence-electron chi connectivity index (χ4n) is 2.15. The Hall–Kier alpha value is -0.585. The van der Waals surface area contributed by atoms with Gasteiger partial charge in [-0.3, -0.25) is 4.79 Å². The molecular formula is C10H20BNO4. The molecule has 16 heavy (non-hydrogen) atoms. The number of unbranched alkanes of at least 4 members (excludes halogenated alkanes) is 1. The molecule has 5 N–H and O–H groups in total. The van der Waals surface area contributed by atoms with Gasteiger partial charge in [0.05, 0.1) is 0 Å². The maximum atomic E-state index is 11.2. The number of hydrogen-bond donors (Lipinski definition) is 4. The summed E-state index contributed by atoms with van der Waals surface area (Å²) in [6, 6.07) is 0. The lowest BCUT2D eigenvalue weighted by Crippen LogP contribution is -2.56. The van der Waals surface area contributed by atoms with Crippen LogP contribution >= 0.6 is 0 Å². The van der Waals surface area contributed by atoms with Gasteiger partial charge in [-0.25, -0.2) is 0 Å². The van der Waals surface area contributed by atoms with Crippen LogP contribution in [0.4, 0.5) is 0 Å². The van der Waals surface area contributed by atoms with Crippen LogP contribution in [0.1, 0.15) is 38.5 Å². The van der Waals surface area contributed by atoms with Gasteiger partial charge in [0.2, 0.25) is 0 Å². The molecule has 0 aromatic carbocycles. The van der Waals surface area contributed by atoms with Crippen molar-refractivity contribution in [1.82, 2.24) is 0 Å². The first-order valence-corrected chi connectivity index (χ1v) is 5.85. The summed E-state index contributed by atoms with van der Waals surface area (Å²) in [5.41, 5.74) is 4.83. The first kappa shape index (κ1) is 13.5. The molecule has 1 unspecified atom stereocenters. The number of aliphatic carboxylic acids is 1. The molecule has 0 radical (unpaired) electrons. The highest BCUT2D eigenvalue weighted by molar-refractivity contribution is 6.40. The number of carboxylic acids is 1. The van der Waals surface area contributed by atoms with Gasteiger partial charge in [-0.1, -0.05) is 19.3 Å². The number of carboxylic acid groups (broad SMARTS) is 1. The normalized spacial score (nSPS) is 19.9. The smallest absolute Gasteiger partial charge is 0.451 e. The predicted octanol–water partition coefficient (Wildman–Crippen LogP) is 0.212. The van der Waals surface area contributed by atoms with Gasteiger partial charge in [-0.2, -0.15) is 0 Å². The second-order valence-electron chi connectivity index (χ2n) is 4.70. The maximum absolute atomic E-state index is 11.2. The van der Waals surface area contributed by atoms with Crippen LogP contribution in [-0.4, -0.2) is 33.8 Å². The van der Waals surface area contributed by atoms with Crippen LogP contribution in [0.5, 0.6) is 0 Å². The van der Waals surface area contributed by atoms with Crippen LogP contribution in [0.3, 0.4) is 0 Å². The van der Waals surface area contributed by atoms with E-state index in [-0.39, 0.29) is 12.2 Å². The fourth-order valence-corrected chi connectivity index (χ4v) is 2.15. The van der Waals surface area contributed by atoms with Crippen molar-refractivity contribution in [2.24, 2.45) is 11.7 Å². The second kappa shape index (κ2) is 5.66. The van der Waals surface area contributed by atoms with Crippen LogP contribution in [-0.2, 0) is 4.79 Å². The number of hydrogen-bond acceptors (Lipinski definition) is 4. The van der Waals surface area contributed by atoms with Crippen molar-refractivity contribution in [3.63, 3.8) is 0 Å². The van der Waals surface area contributed by atoms with Crippen LogP contribution in [0.15, 0.2) is 0 Å². The lowest BCUT2D eigenvalue weighted by molar-refractivity contribution is -0.147. The number of rotatable bonds is 7. The van der Waals surface area contributed by atoms with Crippen LogP contribution in [0.2, 0.25) is 6.32 Å². The average Bonchev–Trinajstić information content (AvgIpc) is 2.09. The summed E-state index contributed by atoms with van der Waals surface area (Å²) >= 11 is 0. The van der Waals surface area contributed by atoms with Crippen molar-refractivity contribution in [3.05, 3.63) is 0 Å². The summed E-state index contributed by atoms with van der Waals surface area (Å²) in [5, 5.41) is 26.5. The van der Waals surface area contributed by atoms with Crippen molar-refractivity contribution in [3.8, 4) is 0 Å². The maximum Gasteiger partial charge on any atom is 0.451 e. The van der Waals surface area contributed by atoms with Crippen LogP contribution in [0, 0.1) is 5.92 Å². The topological polar surface area (TPSA) is 104 Å².